The molecule has 2 fully saturated rings. The molecule has 1 aromatic carbocycles. The van der Waals surface area contributed by atoms with Crippen molar-refractivity contribution in [1.29, 1.82) is 0 Å². The highest BCUT2D eigenvalue weighted by Crippen LogP contribution is 2.28. The number of nitrogens with zero attached hydrogens (tertiary/aromatic N) is 2. The van der Waals surface area contributed by atoms with Gasteiger partial charge in [0, 0.05) is 12.6 Å². The number of aliphatic hydroxyl groups is 1. The third-order valence-electron chi connectivity index (χ3n) is 5.82. The first-order valence-electron chi connectivity index (χ1n) is 9.52. The summed E-state index contributed by atoms with van der Waals surface area (Å²) < 4.78 is 19.0. The Labute approximate surface area is 150 Å². The lowest BCUT2D eigenvalue weighted by Gasteiger charge is -2.41. The van der Waals surface area contributed by atoms with Gasteiger partial charge in [0.1, 0.15) is 23.8 Å². The SMILES string of the molecule is CN1CCC(CN(C)[C@H]2CCC[C@@H](Oc3ccc(F)cc3)[C@@H]2O)CC1. The number of benzene rings is 1. The standard InChI is InChI=1S/C20H31FN2O2/c1-22-12-10-15(11-13-22)14-23(2)18-4-3-5-19(20(18)24)25-17-8-6-16(21)7-9-17/h6-9,15,18-20,24H,3-5,10-14H2,1-2H3/t18-,19+,20+/m0/s1. The van der Waals surface area contributed by atoms with Crippen molar-refractivity contribution in [2.45, 2.75) is 50.4 Å². The van der Waals surface area contributed by atoms with Gasteiger partial charge in [0.15, 0.2) is 0 Å². The van der Waals surface area contributed by atoms with Crippen LogP contribution >= 0.6 is 0 Å². The molecule has 25 heavy (non-hydrogen) atoms. The summed E-state index contributed by atoms with van der Waals surface area (Å²) in [6.07, 6.45) is 4.65. The second-order valence-corrected chi connectivity index (χ2v) is 7.79. The van der Waals surface area contributed by atoms with Crippen LogP contribution in [0.4, 0.5) is 4.39 Å². The Morgan fingerprint density at radius 1 is 1.16 bits per heavy atom. The molecule has 1 N–H and O–H groups in total. The Balaban J connectivity index is 1.55. The summed E-state index contributed by atoms with van der Waals surface area (Å²) in [5, 5.41) is 10.8. The van der Waals surface area contributed by atoms with E-state index < -0.39 is 6.10 Å². The smallest absolute Gasteiger partial charge is 0.126 e. The summed E-state index contributed by atoms with van der Waals surface area (Å²) >= 11 is 0. The largest absolute Gasteiger partial charge is 0.488 e. The summed E-state index contributed by atoms with van der Waals surface area (Å²) in [7, 11) is 4.31. The van der Waals surface area contributed by atoms with Crippen LogP contribution in [0.15, 0.2) is 24.3 Å². The van der Waals surface area contributed by atoms with Gasteiger partial charge in [-0.15, -0.1) is 0 Å². The fraction of sp³-hybridized carbons (Fsp3) is 0.700. The molecule has 5 heteroatoms. The Morgan fingerprint density at radius 3 is 2.52 bits per heavy atom. The van der Waals surface area contributed by atoms with Crippen molar-refractivity contribution in [2.75, 3.05) is 33.7 Å². The highest BCUT2D eigenvalue weighted by Gasteiger charge is 2.36. The van der Waals surface area contributed by atoms with Gasteiger partial charge in [-0.05, 0) is 89.5 Å². The summed E-state index contributed by atoms with van der Waals surface area (Å²) in [4.78, 5) is 4.72. The Kier molecular flexibility index (Phi) is 6.31. The molecule has 0 unspecified atom stereocenters. The molecule has 0 radical (unpaired) electrons. The molecule has 1 aliphatic carbocycles. The molecule has 3 atom stereocenters. The molecule has 1 saturated carbocycles. The fourth-order valence-corrected chi connectivity index (χ4v) is 4.20. The monoisotopic (exact) mass is 350 g/mol. The van der Waals surface area contributed by atoms with Crippen LogP contribution in [-0.4, -0.2) is 66.9 Å². The summed E-state index contributed by atoms with van der Waals surface area (Å²) in [6, 6.07) is 6.20. The van der Waals surface area contributed by atoms with Crippen LogP contribution in [0.1, 0.15) is 32.1 Å². The lowest BCUT2D eigenvalue weighted by molar-refractivity contribution is -0.0514. The van der Waals surface area contributed by atoms with Crippen LogP contribution in [0.5, 0.6) is 5.75 Å². The summed E-state index contributed by atoms with van der Waals surface area (Å²) in [5.41, 5.74) is 0. The Hall–Kier alpha value is -1.17. The van der Waals surface area contributed by atoms with Gasteiger partial charge in [0.2, 0.25) is 0 Å². The van der Waals surface area contributed by atoms with E-state index in [-0.39, 0.29) is 18.0 Å². The van der Waals surface area contributed by atoms with Crippen molar-refractivity contribution < 1.29 is 14.2 Å². The lowest BCUT2D eigenvalue weighted by Crippen LogP contribution is -2.53. The minimum Gasteiger partial charge on any atom is -0.488 e. The van der Waals surface area contributed by atoms with Gasteiger partial charge in [-0.2, -0.15) is 0 Å². The molecule has 2 aliphatic rings. The molecule has 140 valence electrons. The molecule has 1 heterocycles. The second-order valence-electron chi connectivity index (χ2n) is 7.79. The van der Waals surface area contributed by atoms with Crippen LogP contribution < -0.4 is 4.74 Å². The number of aliphatic hydroxyl groups excluding tert-OH is 1. The van der Waals surface area contributed by atoms with Crippen molar-refractivity contribution in [2.24, 2.45) is 5.92 Å². The van der Waals surface area contributed by atoms with Crippen molar-refractivity contribution in [3.8, 4) is 5.75 Å². The number of halogens is 1. The quantitative estimate of drug-likeness (QED) is 0.886. The van der Waals surface area contributed by atoms with Crippen molar-refractivity contribution in [1.82, 2.24) is 9.80 Å². The van der Waals surface area contributed by atoms with E-state index in [4.69, 9.17) is 4.74 Å². The zero-order chi connectivity index (χ0) is 17.8. The molecule has 0 bridgehead atoms. The topological polar surface area (TPSA) is 35.9 Å². The number of likely N-dealkylation sites (tertiary alicyclic amines) is 1. The summed E-state index contributed by atoms with van der Waals surface area (Å²) in [6.45, 7) is 3.38. The third-order valence-corrected chi connectivity index (χ3v) is 5.82. The zero-order valence-electron chi connectivity index (χ0n) is 15.4. The van der Waals surface area contributed by atoms with Gasteiger partial charge in [-0.3, -0.25) is 0 Å². The molecule has 1 aliphatic heterocycles. The first-order valence-corrected chi connectivity index (χ1v) is 9.52. The van der Waals surface area contributed by atoms with E-state index in [1.807, 2.05) is 0 Å². The van der Waals surface area contributed by atoms with Crippen LogP contribution in [0, 0.1) is 11.7 Å². The Morgan fingerprint density at radius 2 is 1.84 bits per heavy atom. The van der Waals surface area contributed by atoms with Crippen molar-refractivity contribution in [3.05, 3.63) is 30.1 Å². The average molecular weight is 350 g/mol. The number of rotatable bonds is 5. The normalized spacial score (nSPS) is 29.1. The van der Waals surface area contributed by atoms with E-state index in [9.17, 15) is 9.50 Å². The van der Waals surface area contributed by atoms with Gasteiger partial charge in [-0.25, -0.2) is 4.39 Å². The molecule has 0 aromatic heterocycles. The zero-order valence-corrected chi connectivity index (χ0v) is 15.4. The van der Waals surface area contributed by atoms with Crippen molar-refractivity contribution >= 4 is 0 Å². The van der Waals surface area contributed by atoms with E-state index >= 15 is 0 Å². The molecule has 4 nitrogen and oxygen atoms in total. The minimum absolute atomic E-state index is 0.138. The molecule has 1 aromatic rings. The van der Waals surface area contributed by atoms with E-state index in [2.05, 4.69) is 23.9 Å². The third kappa shape index (κ3) is 4.93. The lowest BCUT2D eigenvalue weighted by atomic mass is 9.87. The number of piperidine rings is 1. The van der Waals surface area contributed by atoms with Gasteiger partial charge in [0.05, 0.1) is 0 Å². The molecule has 0 spiro atoms. The first kappa shape index (κ1) is 18.6. The van der Waals surface area contributed by atoms with E-state index in [0.717, 1.165) is 25.8 Å². The molecule has 1 saturated heterocycles. The first-order chi connectivity index (χ1) is 12.0. The molecule has 3 rings (SSSR count). The number of hydrogen-bond donors (Lipinski definition) is 1. The second kappa shape index (κ2) is 8.47. The van der Waals surface area contributed by atoms with Crippen LogP contribution in [0.2, 0.25) is 0 Å². The maximum absolute atomic E-state index is 13.0. The van der Waals surface area contributed by atoms with Gasteiger partial charge >= 0.3 is 0 Å². The number of hydrogen-bond acceptors (Lipinski definition) is 4. The predicted molar refractivity (Wildman–Crippen MR) is 97.3 cm³/mol. The number of likely N-dealkylation sites (N-methyl/N-ethyl adjacent to an activating group) is 1. The van der Waals surface area contributed by atoms with Crippen LogP contribution in [-0.2, 0) is 0 Å². The highest BCUT2D eigenvalue weighted by atomic mass is 19.1. The molecular formula is C20H31FN2O2. The van der Waals surface area contributed by atoms with E-state index in [1.165, 1.54) is 38.1 Å². The maximum atomic E-state index is 13.0. The van der Waals surface area contributed by atoms with Gasteiger partial charge in [-0.1, -0.05) is 0 Å². The number of ether oxygens (including phenoxy) is 1. The van der Waals surface area contributed by atoms with Gasteiger partial charge in [0.25, 0.3) is 0 Å². The van der Waals surface area contributed by atoms with E-state index in [1.54, 1.807) is 12.1 Å². The van der Waals surface area contributed by atoms with Crippen LogP contribution in [0.25, 0.3) is 0 Å². The minimum atomic E-state index is -0.505. The van der Waals surface area contributed by atoms with E-state index in [0.29, 0.717) is 11.7 Å². The summed E-state index contributed by atoms with van der Waals surface area (Å²) in [5.74, 6) is 1.07. The highest BCUT2D eigenvalue weighted by molar-refractivity contribution is 5.22. The fourth-order valence-electron chi connectivity index (χ4n) is 4.20. The van der Waals surface area contributed by atoms with Crippen LogP contribution in [0.3, 0.4) is 0 Å². The Bertz CT molecular complexity index is 531. The molecule has 0 amide bonds. The predicted octanol–water partition coefficient (Wildman–Crippen LogP) is 2.76. The average Bonchev–Trinajstić information content (AvgIpc) is 2.60. The maximum Gasteiger partial charge on any atom is 0.126 e. The molecular weight excluding hydrogens is 319 g/mol. The van der Waals surface area contributed by atoms with Crippen molar-refractivity contribution in [3.63, 3.8) is 0 Å². The van der Waals surface area contributed by atoms with Gasteiger partial charge < -0.3 is 19.6 Å².